The lowest BCUT2D eigenvalue weighted by molar-refractivity contribution is 0.0817. The standard InChI is InChI=1S/C29H42N4O4S.ClH/c1-4-30-24-17-23(18-25(19-24)33-14-8-9-15-38(33,36)37)28(35)32-26(16-22-10-6-5-7-11-22)27(34)20-31-29(12-13-29)21(2)3;/h5-7,10-11,17-19,21,26-27,30-31,34H,4,8-9,12-16,20H2,1-3H3,(H,32,35);1H/t26-,27+;/m0./s1. The summed E-state index contributed by atoms with van der Waals surface area (Å²) in [6.45, 7) is 7.74. The first-order valence-electron chi connectivity index (χ1n) is 13.8. The van der Waals surface area contributed by atoms with E-state index in [4.69, 9.17) is 0 Å². The summed E-state index contributed by atoms with van der Waals surface area (Å²) in [4.78, 5) is 13.6. The molecule has 0 bridgehead atoms. The zero-order chi connectivity index (χ0) is 27.3. The number of benzene rings is 2. The monoisotopic (exact) mass is 578 g/mol. The second-order valence-corrected chi connectivity index (χ2v) is 12.9. The van der Waals surface area contributed by atoms with Crippen molar-refractivity contribution in [1.82, 2.24) is 10.6 Å². The molecule has 2 atom stereocenters. The Morgan fingerprint density at radius 1 is 1.10 bits per heavy atom. The van der Waals surface area contributed by atoms with Gasteiger partial charge in [-0.15, -0.1) is 12.4 Å². The van der Waals surface area contributed by atoms with Crippen molar-refractivity contribution in [2.24, 2.45) is 5.92 Å². The van der Waals surface area contributed by atoms with Crippen LogP contribution in [0.3, 0.4) is 0 Å². The van der Waals surface area contributed by atoms with E-state index >= 15 is 0 Å². The summed E-state index contributed by atoms with van der Waals surface area (Å²) in [6, 6.07) is 14.4. The predicted molar refractivity (Wildman–Crippen MR) is 160 cm³/mol. The molecule has 2 fully saturated rings. The number of carbonyl (C=O) groups excluding carboxylic acids is 1. The van der Waals surface area contributed by atoms with Crippen molar-refractivity contribution in [2.45, 2.75) is 70.6 Å². The number of hydrogen-bond acceptors (Lipinski definition) is 6. The molecule has 10 heteroatoms. The fourth-order valence-corrected chi connectivity index (χ4v) is 6.84. The van der Waals surface area contributed by atoms with E-state index in [0.717, 1.165) is 24.8 Å². The zero-order valence-electron chi connectivity index (χ0n) is 23.2. The molecule has 2 aliphatic rings. The van der Waals surface area contributed by atoms with Gasteiger partial charge in [0.2, 0.25) is 10.0 Å². The molecule has 2 aromatic carbocycles. The van der Waals surface area contributed by atoms with Crippen molar-refractivity contribution >= 4 is 39.7 Å². The summed E-state index contributed by atoms with van der Waals surface area (Å²) in [5, 5.41) is 21.1. The third-order valence-corrected chi connectivity index (χ3v) is 9.70. The molecule has 8 nitrogen and oxygen atoms in total. The number of carbonyl (C=O) groups is 1. The minimum Gasteiger partial charge on any atom is -0.390 e. The molecule has 1 amide bonds. The second kappa shape index (κ2) is 13.4. The molecule has 1 aliphatic heterocycles. The minimum absolute atomic E-state index is 0. The molecule has 0 spiro atoms. The van der Waals surface area contributed by atoms with Gasteiger partial charge in [-0.3, -0.25) is 9.10 Å². The van der Waals surface area contributed by atoms with Crippen molar-refractivity contribution < 1.29 is 18.3 Å². The van der Waals surface area contributed by atoms with Crippen molar-refractivity contribution in [3.8, 4) is 0 Å². The van der Waals surface area contributed by atoms with E-state index in [2.05, 4.69) is 29.8 Å². The average Bonchev–Trinajstić information content (AvgIpc) is 3.69. The smallest absolute Gasteiger partial charge is 0.251 e. The highest BCUT2D eigenvalue weighted by atomic mass is 35.5. The topological polar surface area (TPSA) is 111 Å². The first kappa shape index (κ1) is 31.2. The van der Waals surface area contributed by atoms with Crippen LogP contribution in [0.25, 0.3) is 0 Å². The Kier molecular flexibility index (Phi) is 10.7. The molecule has 2 aromatic rings. The van der Waals surface area contributed by atoms with Crippen LogP contribution in [-0.2, 0) is 16.4 Å². The van der Waals surface area contributed by atoms with Gasteiger partial charge < -0.3 is 21.1 Å². The molecular weight excluding hydrogens is 536 g/mol. The number of aliphatic hydroxyl groups excluding tert-OH is 1. The van der Waals surface area contributed by atoms with Gasteiger partial charge in [0, 0.05) is 36.4 Å². The number of rotatable bonds is 12. The van der Waals surface area contributed by atoms with Gasteiger partial charge in [-0.25, -0.2) is 8.42 Å². The van der Waals surface area contributed by atoms with Gasteiger partial charge in [0.25, 0.3) is 5.91 Å². The Hall–Kier alpha value is -2.33. The molecule has 1 saturated heterocycles. The molecule has 0 radical (unpaired) electrons. The maximum atomic E-state index is 13.6. The van der Waals surface area contributed by atoms with E-state index in [1.54, 1.807) is 18.2 Å². The van der Waals surface area contributed by atoms with Gasteiger partial charge in [-0.2, -0.15) is 0 Å². The van der Waals surface area contributed by atoms with Gasteiger partial charge in [0.05, 0.1) is 23.6 Å². The van der Waals surface area contributed by atoms with Crippen LogP contribution >= 0.6 is 12.4 Å². The lowest BCUT2D eigenvalue weighted by Crippen LogP contribution is -2.51. The summed E-state index contributed by atoms with van der Waals surface area (Å²) in [5.74, 6) is 0.233. The quantitative estimate of drug-likeness (QED) is 0.303. The lowest BCUT2D eigenvalue weighted by Gasteiger charge is -2.30. The SMILES string of the molecule is CCNc1cc(C(=O)N[C@@H](Cc2ccccc2)[C@H](O)CNC2(C(C)C)CC2)cc(N2CCCCS2(=O)=O)c1.Cl. The normalized spacial score (nSPS) is 19.1. The van der Waals surface area contributed by atoms with Crippen molar-refractivity contribution in [3.63, 3.8) is 0 Å². The van der Waals surface area contributed by atoms with Crippen molar-refractivity contribution in [2.75, 3.05) is 35.0 Å². The fourth-order valence-electron chi connectivity index (χ4n) is 5.22. The molecule has 1 aliphatic carbocycles. The fraction of sp³-hybridized carbons (Fsp3) is 0.552. The number of β-amino-alcohol motifs (C(OH)–C–C–N with tert-alkyl or cyclic N) is 1. The molecule has 1 saturated carbocycles. The highest BCUT2D eigenvalue weighted by Gasteiger charge is 2.45. The summed E-state index contributed by atoms with van der Waals surface area (Å²) in [5.41, 5.74) is 2.62. The summed E-state index contributed by atoms with van der Waals surface area (Å²) in [6.07, 6.45) is 3.28. The summed E-state index contributed by atoms with van der Waals surface area (Å²) >= 11 is 0. The van der Waals surface area contributed by atoms with Gasteiger partial charge in [0.1, 0.15) is 0 Å². The van der Waals surface area contributed by atoms with Crippen LogP contribution < -0.4 is 20.3 Å². The number of sulfonamides is 1. The van der Waals surface area contributed by atoms with Crippen LogP contribution in [0.4, 0.5) is 11.4 Å². The van der Waals surface area contributed by atoms with E-state index in [1.807, 2.05) is 37.3 Å². The number of nitrogens with one attached hydrogen (secondary N) is 3. The lowest BCUT2D eigenvalue weighted by atomic mass is 9.98. The zero-order valence-corrected chi connectivity index (χ0v) is 24.8. The summed E-state index contributed by atoms with van der Waals surface area (Å²) in [7, 11) is -3.42. The number of halogens is 1. The molecule has 4 N–H and O–H groups in total. The summed E-state index contributed by atoms with van der Waals surface area (Å²) < 4.78 is 27.0. The van der Waals surface area contributed by atoms with E-state index in [-0.39, 0.29) is 29.6 Å². The first-order chi connectivity index (χ1) is 18.1. The third-order valence-electron chi connectivity index (χ3n) is 7.83. The first-order valence-corrected chi connectivity index (χ1v) is 15.4. The van der Waals surface area contributed by atoms with Crippen LogP contribution in [0.15, 0.2) is 48.5 Å². The molecule has 0 unspecified atom stereocenters. The molecule has 4 rings (SSSR count). The van der Waals surface area contributed by atoms with Gasteiger partial charge in [-0.1, -0.05) is 44.2 Å². The Morgan fingerprint density at radius 3 is 2.44 bits per heavy atom. The maximum absolute atomic E-state index is 13.6. The third kappa shape index (κ3) is 7.87. The molecule has 39 heavy (non-hydrogen) atoms. The predicted octanol–water partition coefficient (Wildman–Crippen LogP) is 3.95. The Balaban J connectivity index is 0.00000420. The Bertz CT molecular complexity index is 1210. The van der Waals surface area contributed by atoms with Gasteiger partial charge >= 0.3 is 0 Å². The Labute approximate surface area is 239 Å². The molecular formula is C29H43ClN4O4S. The van der Waals surface area contributed by atoms with E-state index in [0.29, 0.717) is 55.3 Å². The highest BCUT2D eigenvalue weighted by molar-refractivity contribution is 7.92. The minimum atomic E-state index is -3.42. The van der Waals surface area contributed by atoms with Crippen LogP contribution in [0.5, 0.6) is 0 Å². The number of nitrogens with zero attached hydrogens (tertiary/aromatic N) is 1. The van der Waals surface area contributed by atoms with Crippen LogP contribution in [0.1, 0.15) is 62.4 Å². The van der Waals surface area contributed by atoms with Crippen LogP contribution in [0, 0.1) is 5.92 Å². The van der Waals surface area contributed by atoms with Crippen LogP contribution in [0.2, 0.25) is 0 Å². The largest absolute Gasteiger partial charge is 0.390 e. The van der Waals surface area contributed by atoms with Gasteiger partial charge in [0.15, 0.2) is 0 Å². The molecule has 216 valence electrons. The van der Waals surface area contributed by atoms with Crippen LogP contribution in [-0.4, -0.2) is 62.5 Å². The number of hydrogen-bond donors (Lipinski definition) is 4. The molecule has 0 aromatic heterocycles. The number of anilines is 2. The maximum Gasteiger partial charge on any atom is 0.251 e. The second-order valence-electron chi connectivity index (χ2n) is 10.9. The van der Waals surface area contributed by atoms with E-state index in [1.165, 1.54) is 4.31 Å². The number of amides is 1. The highest BCUT2D eigenvalue weighted by Crippen LogP contribution is 2.42. The Morgan fingerprint density at radius 2 is 1.82 bits per heavy atom. The van der Waals surface area contributed by atoms with Gasteiger partial charge in [-0.05, 0) is 68.7 Å². The van der Waals surface area contributed by atoms with E-state index in [9.17, 15) is 18.3 Å². The molecule has 1 heterocycles. The number of aliphatic hydroxyl groups is 1. The van der Waals surface area contributed by atoms with Crippen molar-refractivity contribution in [3.05, 3.63) is 59.7 Å². The average molecular weight is 579 g/mol. The van der Waals surface area contributed by atoms with E-state index < -0.39 is 22.2 Å². The van der Waals surface area contributed by atoms with Crippen molar-refractivity contribution in [1.29, 1.82) is 0 Å².